The summed E-state index contributed by atoms with van der Waals surface area (Å²) in [7, 11) is 2.03. The fourth-order valence-corrected chi connectivity index (χ4v) is 2.02. The van der Waals surface area contributed by atoms with E-state index in [1.54, 1.807) is 0 Å². The van der Waals surface area contributed by atoms with Gasteiger partial charge in [-0.3, -0.25) is 4.68 Å². The van der Waals surface area contributed by atoms with Crippen LogP contribution in [0.3, 0.4) is 0 Å². The predicted octanol–water partition coefficient (Wildman–Crippen LogP) is 2.44. The van der Waals surface area contributed by atoms with Gasteiger partial charge in [0.1, 0.15) is 0 Å². The van der Waals surface area contributed by atoms with Crippen molar-refractivity contribution in [3.63, 3.8) is 0 Å². The second kappa shape index (κ2) is 6.69. The standard InChI is InChI=1S/C13H25N3/c1-5-9-14-12(6-2)7-8-13-10-11(3)15-16(13)4/h10,12,14H,5-9H2,1-4H3. The van der Waals surface area contributed by atoms with E-state index >= 15 is 0 Å². The summed E-state index contributed by atoms with van der Waals surface area (Å²) >= 11 is 0. The molecular formula is C13H25N3. The molecule has 0 aromatic carbocycles. The molecule has 1 rings (SSSR count). The average molecular weight is 223 g/mol. The lowest BCUT2D eigenvalue weighted by Crippen LogP contribution is -2.29. The zero-order valence-corrected chi connectivity index (χ0v) is 11.1. The van der Waals surface area contributed by atoms with Gasteiger partial charge in [-0.25, -0.2) is 0 Å². The van der Waals surface area contributed by atoms with Crippen LogP contribution < -0.4 is 5.32 Å². The molecule has 1 atom stereocenters. The minimum Gasteiger partial charge on any atom is -0.314 e. The molecule has 1 aromatic heterocycles. The van der Waals surface area contributed by atoms with Crippen molar-refractivity contribution in [1.29, 1.82) is 0 Å². The van der Waals surface area contributed by atoms with Crippen LogP contribution in [0.4, 0.5) is 0 Å². The maximum atomic E-state index is 4.37. The van der Waals surface area contributed by atoms with Gasteiger partial charge in [0.05, 0.1) is 5.69 Å². The molecular weight excluding hydrogens is 198 g/mol. The molecule has 0 amide bonds. The van der Waals surface area contributed by atoms with E-state index in [-0.39, 0.29) is 0 Å². The first kappa shape index (κ1) is 13.2. The maximum Gasteiger partial charge on any atom is 0.0596 e. The van der Waals surface area contributed by atoms with E-state index in [0.29, 0.717) is 6.04 Å². The Morgan fingerprint density at radius 2 is 2.19 bits per heavy atom. The van der Waals surface area contributed by atoms with Crippen LogP contribution in [-0.4, -0.2) is 22.4 Å². The summed E-state index contributed by atoms with van der Waals surface area (Å²) in [6.07, 6.45) is 4.74. The molecule has 1 aromatic rings. The minimum absolute atomic E-state index is 0.648. The Bertz CT molecular complexity index is 304. The van der Waals surface area contributed by atoms with Crippen LogP contribution in [0.1, 0.15) is 44.5 Å². The highest BCUT2D eigenvalue weighted by atomic mass is 15.3. The molecule has 1 heterocycles. The molecule has 1 N–H and O–H groups in total. The summed E-state index contributed by atoms with van der Waals surface area (Å²) in [4.78, 5) is 0. The molecule has 0 saturated heterocycles. The van der Waals surface area contributed by atoms with Gasteiger partial charge in [0.25, 0.3) is 0 Å². The second-order valence-corrected chi connectivity index (χ2v) is 4.50. The average Bonchev–Trinajstić information content (AvgIpc) is 2.58. The first-order chi connectivity index (χ1) is 7.67. The molecule has 0 spiro atoms. The van der Waals surface area contributed by atoms with Gasteiger partial charge in [-0.2, -0.15) is 5.10 Å². The van der Waals surface area contributed by atoms with Gasteiger partial charge < -0.3 is 5.32 Å². The smallest absolute Gasteiger partial charge is 0.0596 e. The highest BCUT2D eigenvalue weighted by molar-refractivity contribution is 5.08. The summed E-state index contributed by atoms with van der Waals surface area (Å²) in [5, 5.41) is 7.96. The lowest BCUT2D eigenvalue weighted by atomic mass is 10.1. The summed E-state index contributed by atoms with van der Waals surface area (Å²) < 4.78 is 2.00. The molecule has 0 bridgehead atoms. The van der Waals surface area contributed by atoms with Crippen molar-refractivity contribution < 1.29 is 0 Å². The van der Waals surface area contributed by atoms with Gasteiger partial charge in [-0.1, -0.05) is 13.8 Å². The molecule has 0 aliphatic rings. The zero-order chi connectivity index (χ0) is 12.0. The highest BCUT2D eigenvalue weighted by Crippen LogP contribution is 2.08. The Balaban J connectivity index is 2.39. The summed E-state index contributed by atoms with van der Waals surface area (Å²) in [5.74, 6) is 0. The first-order valence-corrected chi connectivity index (χ1v) is 6.40. The number of rotatable bonds is 7. The second-order valence-electron chi connectivity index (χ2n) is 4.50. The number of aryl methyl sites for hydroxylation is 3. The third kappa shape index (κ3) is 3.97. The van der Waals surface area contributed by atoms with E-state index in [9.17, 15) is 0 Å². The van der Waals surface area contributed by atoms with E-state index in [1.807, 2.05) is 11.7 Å². The fraction of sp³-hybridized carbons (Fsp3) is 0.769. The van der Waals surface area contributed by atoms with Gasteiger partial charge in [0.2, 0.25) is 0 Å². The quantitative estimate of drug-likeness (QED) is 0.769. The lowest BCUT2D eigenvalue weighted by molar-refractivity contribution is 0.462. The van der Waals surface area contributed by atoms with E-state index in [0.717, 1.165) is 18.7 Å². The van der Waals surface area contributed by atoms with E-state index in [4.69, 9.17) is 0 Å². The molecule has 3 heteroatoms. The molecule has 0 aliphatic heterocycles. The molecule has 0 saturated carbocycles. The summed E-state index contributed by atoms with van der Waals surface area (Å²) in [6.45, 7) is 7.64. The van der Waals surface area contributed by atoms with Crippen LogP contribution in [0.5, 0.6) is 0 Å². The monoisotopic (exact) mass is 223 g/mol. The predicted molar refractivity (Wildman–Crippen MR) is 68.6 cm³/mol. The number of nitrogens with one attached hydrogen (secondary N) is 1. The Kier molecular flexibility index (Phi) is 5.53. The number of hydrogen-bond donors (Lipinski definition) is 1. The SMILES string of the molecule is CCCNC(CC)CCc1cc(C)nn1C. The van der Waals surface area contributed by atoms with Crippen LogP contribution in [0.15, 0.2) is 6.07 Å². The first-order valence-electron chi connectivity index (χ1n) is 6.40. The van der Waals surface area contributed by atoms with Crippen molar-refractivity contribution in [2.75, 3.05) is 6.54 Å². The Morgan fingerprint density at radius 1 is 1.44 bits per heavy atom. The molecule has 0 aliphatic carbocycles. The minimum atomic E-state index is 0.648. The van der Waals surface area contributed by atoms with Gasteiger partial charge in [0, 0.05) is 18.8 Å². The zero-order valence-electron chi connectivity index (χ0n) is 11.1. The fourth-order valence-electron chi connectivity index (χ4n) is 2.02. The third-order valence-electron chi connectivity index (χ3n) is 3.02. The van der Waals surface area contributed by atoms with Gasteiger partial charge in [0.15, 0.2) is 0 Å². The Hall–Kier alpha value is -0.830. The van der Waals surface area contributed by atoms with Crippen molar-refractivity contribution in [2.24, 2.45) is 7.05 Å². The van der Waals surface area contributed by atoms with E-state index < -0.39 is 0 Å². The van der Waals surface area contributed by atoms with Crippen molar-refractivity contribution >= 4 is 0 Å². The van der Waals surface area contributed by atoms with Gasteiger partial charge in [-0.15, -0.1) is 0 Å². The number of hydrogen-bond acceptors (Lipinski definition) is 2. The Morgan fingerprint density at radius 3 is 2.69 bits per heavy atom. The molecule has 1 unspecified atom stereocenters. The van der Waals surface area contributed by atoms with Crippen LogP contribution >= 0.6 is 0 Å². The molecule has 0 radical (unpaired) electrons. The summed E-state index contributed by atoms with van der Waals surface area (Å²) in [6, 6.07) is 2.84. The summed E-state index contributed by atoms with van der Waals surface area (Å²) in [5.41, 5.74) is 2.46. The van der Waals surface area contributed by atoms with Gasteiger partial charge >= 0.3 is 0 Å². The van der Waals surface area contributed by atoms with Crippen LogP contribution in [0.2, 0.25) is 0 Å². The van der Waals surface area contributed by atoms with E-state index in [1.165, 1.54) is 25.0 Å². The molecule has 92 valence electrons. The van der Waals surface area contributed by atoms with E-state index in [2.05, 4.69) is 37.3 Å². The highest BCUT2D eigenvalue weighted by Gasteiger charge is 2.07. The Labute approximate surface area is 99.2 Å². The van der Waals surface area contributed by atoms with Crippen molar-refractivity contribution in [3.8, 4) is 0 Å². The van der Waals surface area contributed by atoms with Crippen LogP contribution in [0.25, 0.3) is 0 Å². The molecule has 0 fully saturated rings. The van der Waals surface area contributed by atoms with Crippen molar-refractivity contribution in [2.45, 2.75) is 52.5 Å². The van der Waals surface area contributed by atoms with Crippen molar-refractivity contribution in [3.05, 3.63) is 17.5 Å². The third-order valence-corrected chi connectivity index (χ3v) is 3.02. The van der Waals surface area contributed by atoms with Crippen LogP contribution in [0, 0.1) is 6.92 Å². The number of aromatic nitrogens is 2. The number of nitrogens with zero attached hydrogens (tertiary/aromatic N) is 2. The van der Waals surface area contributed by atoms with Gasteiger partial charge in [-0.05, 0) is 45.2 Å². The van der Waals surface area contributed by atoms with Crippen LogP contribution in [-0.2, 0) is 13.5 Å². The molecule has 16 heavy (non-hydrogen) atoms. The molecule has 3 nitrogen and oxygen atoms in total. The van der Waals surface area contributed by atoms with Crippen molar-refractivity contribution in [1.82, 2.24) is 15.1 Å². The normalized spacial score (nSPS) is 13.0. The topological polar surface area (TPSA) is 29.9 Å². The maximum absolute atomic E-state index is 4.37. The lowest BCUT2D eigenvalue weighted by Gasteiger charge is -2.16. The largest absolute Gasteiger partial charge is 0.314 e.